The minimum Gasteiger partial charge on any atom is -0.481 e. The molecule has 0 saturated heterocycles. The Bertz CT molecular complexity index is 761. The largest absolute Gasteiger partial charge is 0.481 e. The molecule has 0 aliphatic carbocycles. The lowest BCUT2D eigenvalue weighted by Gasteiger charge is -2.24. The maximum atomic E-state index is 12.6. The number of thiol groups is 1. The highest BCUT2D eigenvalue weighted by atomic mass is 32.1. The Kier molecular flexibility index (Phi) is 12.3. The zero-order chi connectivity index (χ0) is 25.0. The van der Waals surface area contributed by atoms with Crippen molar-refractivity contribution in [1.82, 2.24) is 16.0 Å². The molecule has 0 aromatic heterocycles. The molecule has 0 saturated carbocycles. The molecule has 16 heteroatoms. The Morgan fingerprint density at radius 3 is 1.69 bits per heavy atom. The summed E-state index contributed by atoms with van der Waals surface area (Å²) >= 11 is 3.75. The lowest BCUT2D eigenvalue weighted by atomic mass is 10.1. The molecule has 4 amide bonds. The van der Waals surface area contributed by atoms with Crippen molar-refractivity contribution in [1.29, 1.82) is 0 Å². The van der Waals surface area contributed by atoms with Gasteiger partial charge >= 0.3 is 17.9 Å². The third kappa shape index (κ3) is 11.1. The Balaban J connectivity index is 5.51. The van der Waals surface area contributed by atoms with Gasteiger partial charge in [-0.2, -0.15) is 12.6 Å². The number of hydrogen-bond acceptors (Lipinski definition) is 9. The van der Waals surface area contributed by atoms with E-state index in [1.165, 1.54) is 0 Å². The second-order valence-electron chi connectivity index (χ2n) is 6.51. The van der Waals surface area contributed by atoms with Crippen LogP contribution in [0.25, 0.3) is 0 Å². The SMILES string of the molecule is NC(=O)CC(N)C(=O)NC(CCC(=O)O)C(=O)NC(CC(=O)O)C(=O)NC(CS)C(=O)O. The summed E-state index contributed by atoms with van der Waals surface area (Å²) in [5.41, 5.74) is 10.4. The summed E-state index contributed by atoms with van der Waals surface area (Å²) in [5, 5.41) is 33.0. The quantitative estimate of drug-likeness (QED) is 0.102. The Labute approximate surface area is 186 Å². The summed E-state index contributed by atoms with van der Waals surface area (Å²) in [6.45, 7) is 0. The average Bonchev–Trinajstić information content (AvgIpc) is 2.66. The number of carboxylic acid groups (broad SMARTS) is 3. The molecule has 180 valence electrons. The minimum atomic E-state index is -1.76. The summed E-state index contributed by atoms with van der Waals surface area (Å²) in [4.78, 5) is 80.8. The normalized spacial score (nSPS) is 14.2. The van der Waals surface area contributed by atoms with Crippen molar-refractivity contribution >= 4 is 54.2 Å². The van der Waals surface area contributed by atoms with E-state index >= 15 is 0 Å². The van der Waals surface area contributed by atoms with Gasteiger partial charge in [0.25, 0.3) is 0 Å². The van der Waals surface area contributed by atoms with Crippen LogP contribution in [0.1, 0.15) is 25.7 Å². The van der Waals surface area contributed by atoms with Gasteiger partial charge in [-0.1, -0.05) is 0 Å². The number of carbonyl (C=O) groups is 7. The Morgan fingerprint density at radius 2 is 1.25 bits per heavy atom. The van der Waals surface area contributed by atoms with Crippen molar-refractivity contribution in [2.45, 2.75) is 49.9 Å². The van der Waals surface area contributed by atoms with E-state index in [1.807, 2.05) is 10.6 Å². The molecule has 0 aliphatic heterocycles. The van der Waals surface area contributed by atoms with E-state index in [0.717, 1.165) is 0 Å². The van der Waals surface area contributed by atoms with Gasteiger partial charge in [0.1, 0.15) is 18.1 Å². The summed E-state index contributed by atoms with van der Waals surface area (Å²) in [5.74, 6) is -8.84. The first-order valence-electron chi connectivity index (χ1n) is 9.00. The average molecular weight is 479 g/mol. The van der Waals surface area contributed by atoms with Gasteiger partial charge in [-0.25, -0.2) is 4.79 Å². The van der Waals surface area contributed by atoms with E-state index in [9.17, 15) is 33.6 Å². The van der Waals surface area contributed by atoms with Crippen LogP contribution in [0.2, 0.25) is 0 Å². The number of nitrogens with two attached hydrogens (primary N) is 2. The first-order valence-corrected chi connectivity index (χ1v) is 9.63. The molecule has 0 aromatic rings. The molecule has 0 fully saturated rings. The second-order valence-corrected chi connectivity index (χ2v) is 6.88. The molecule has 4 unspecified atom stereocenters. The summed E-state index contributed by atoms with van der Waals surface area (Å²) in [7, 11) is 0. The van der Waals surface area contributed by atoms with Crippen LogP contribution < -0.4 is 27.4 Å². The fourth-order valence-corrected chi connectivity index (χ4v) is 2.49. The molecule has 0 radical (unpaired) electrons. The zero-order valence-electron chi connectivity index (χ0n) is 16.6. The molecule has 0 aromatic carbocycles. The molecule has 0 heterocycles. The Hall–Kier alpha value is -3.40. The summed E-state index contributed by atoms with van der Waals surface area (Å²) in [6.07, 6.45) is -2.58. The molecule has 0 spiro atoms. The summed E-state index contributed by atoms with van der Waals surface area (Å²) < 4.78 is 0. The van der Waals surface area contributed by atoms with E-state index < -0.39 is 91.4 Å². The number of carboxylic acids is 3. The van der Waals surface area contributed by atoms with E-state index in [-0.39, 0.29) is 5.75 Å². The number of aliphatic carboxylic acids is 3. The number of amides is 4. The second kappa shape index (κ2) is 13.8. The lowest BCUT2D eigenvalue weighted by molar-refractivity contribution is -0.143. The predicted octanol–water partition coefficient (Wildman–Crippen LogP) is -4.00. The first-order chi connectivity index (χ1) is 14.8. The van der Waals surface area contributed by atoms with E-state index in [2.05, 4.69) is 17.9 Å². The van der Waals surface area contributed by atoms with Crippen LogP contribution in [0.5, 0.6) is 0 Å². The highest BCUT2D eigenvalue weighted by Crippen LogP contribution is 2.03. The van der Waals surface area contributed by atoms with Crippen molar-refractivity contribution in [2.24, 2.45) is 11.5 Å². The van der Waals surface area contributed by atoms with Gasteiger partial charge in [0.05, 0.1) is 18.9 Å². The highest BCUT2D eigenvalue weighted by molar-refractivity contribution is 7.80. The van der Waals surface area contributed by atoms with Gasteiger partial charge in [0.15, 0.2) is 0 Å². The summed E-state index contributed by atoms with van der Waals surface area (Å²) in [6, 6.07) is -6.25. The molecule has 0 bridgehead atoms. The number of nitrogens with one attached hydrogen (secondary N) is 3. The van der Waals surface area contributed by atoms with Crippen LogP contribution in [-0.2, 0) is 33.6 Å². The van der Waals surface area contributed by atoms with Crippen LogP contribution in [-0.4, -0.2) is 86.8 Å². The molecular weight excluding hydrogens is 454 g/mol. The van der Waals surface area contributed by atoms with Gasteiger partial charge in [-0.05, 0) is 6.42 Å². The van der Waals surface area contributed by atoms with Crippen LogP contribution in [0, 0.1) is 0 Å². The van der Waals surface area contributed by atoms with E-state index in [0.29, 0.717) is 0 Å². The van der Waals surface area contributed by atoms with Gasteiger partial charge in [-0.3, -0.25) is 28.8 Å². The number of rotatable bonds is 15. The van der Waals surface area contributed by atoms with Crippen molar-refractivity contribution in [3.8, 4) is 0 Å². The maximum absolute atomic E-state index is 12.6. The standard InChI is InChI=1S/C16H25N5O10S/c17-6(3-10(18)22)13(27)19-7(1-2-11(23)24)14(28)20-8(4-12(25)26)15(29)21-9(5-32)16(30)31/h6-9,32H,1-5,17H2,(H2,18,22)(H,19,27)(H,20,28)(H,21,29)(H,23,24)(H,25,26)(H,30,31). The van der Waals surface area contributed by atoms with Crippen molar-refractivity contribution in [3.63, 3.8) is 0 Å². The fraction of sp³-hybridized carbons (Fsp3) is 0.562. The molecule has 32 heavy (non-hydrogen) atoms. The van der Waals surface area contributed by atoms with Crippen LogP contribution >= 0.6 is 12.6 Å². The molecule has 15 nitrogen and oxygen atoms in total. The fourth-order valence-electron chi connectivity index (χ4n) is 2.24. The molecule has 0 rings (SSSR count). The smallest absolute Gasteiger partial charge is 0.327 e. The van der Waals surface area contributed by atoms with E-state index in [1.54, 1.807) is 0 Å². The van der Waals surface area contributed by atoms with Gasteiger partial charge < -0.3 is 42.7 Å². The Morgan fingerprint density at radius 1 is 0.750 bits per heavy atom. The maximum Gasteiger partial charge on any atom is 0.327 e. The van der Waals surface area contributed by atoms with Gasteiger partial charge in [0, 0.05) is 12.2 Å². The van der Waals surface area contributed by atoms with Crippen molar-refractivity contribution in [3.05, 3.63) is 0 Å². The highest BCUT2D eigenvalue weighted by Gasteiger charge is 2.31. The third-order valence-corrected chi connectivity index (χ3v) is 4.21. The molecule has 4 atom stereocenters. The minimum absolute atomic E-state index is 0.330. The van der Waals surface area contributed by atoms with Gasteiger partial charge in [0.2, 0.25) is 23.6 Å². The first kappa shape index (κ1) is 28.6. The lowest BCUT2D eigenvalue weighted by Crippen LogP contribution is -2.58. The van der Waals surface area contributed by atoms with Crippen molar-refractivity contribution < 1.29 is 48.9 Å². The van der Waals surface area contributed by atoms with Crippen molar-refractivity contribution in [2.75, 3.05) is 5.75 Å². The monoisotopic (exact) mass is 479 g/mol. The number of primary amides is 1. The van der Waals surface area contributed by atoms with Crippen LogP contribution in [0.3, 0.4) is 0 Å². The van der Waals surface area contributed by atoms with Gasteiger partial charge in [-0.15, -0.1) is 0 Å². The molecule has 0 aliphatic rings. The molecule has 10 N–H and O–H groups in total. The number of hydrogen-bond donors (Lipinski definition) is 9. The third-order valence-electron chi connectivity index (χ3n) is 3.85. The molecular formula is C16H25N5O10S. The number of carbonyl (C=O) groups excluding carboxylic acids is 4. The van der Waals surface area contributed by atoms with Crippen LogP contribution in [0.15, 0.2) is 0 Å². The van der Waals surface area contributed by atoms with Crippen LogP contribution in [0.4, 0.5) is 0 Å². The topological polar surface area (TPSA) is 268 Å². The predicted molar refractivity (Wildman–Crippen MR) is 108 cm³/mol. The zero-order valence-corrected chi connectivity index (χ0v) is 17.5. The van der Waals surface area contributed by atoms with E-state index in [4.69, 9.17) is 26.8 Å².